The molecule has 8 heterocycles. The van der Waals surface area contributed by atoms with Crippen molar-refractivity contribution in [3.05, 3.63) is 140 Å². The maximum Gasteiger partial charge on any atom is 0.433 e. The zero-order chi connectivity index (χ0) is 49.5. The molecule has 0 amide bonds. The highest BCUT2D eigenvalue weighted by atomic mass is 19.4. The van der Waals surface area contributed by atoms with E-state index in [4.69, 9.17) is 28.4 Å². The van der Waals surface area contributed by atoms with Crippen LogP contribution in [0.5, 0.6) is 34.8 Å². The third-order valence-electron chi connectivity index (χ3n) is 11.0. The molecular weight excluding hydrogens is 959 g/mol. The Hall–Kier alpha value is -7.48. The molecule has 70 heavy (non-hydrogen) atoms. The average Bonchev–Trinajstić information content (AvgIpc) is 3.89. The Morgan fingerprint density at radius 2 is 0.957 bits per heavy atom. The van der Waals surface area contributed by atoms with Gasteiger partial charge in [-0.3, -0.25) is 19.1 Å². The Bertz CT molecular complexity index is 2820. The molecule has 2 aromatic carbocycles. The highest BCUT2D eigenvalue weighted by molar-refractivity contribution is 5.48. The Morgan fingerprint density at radius 1 is 0.571 bits per heavy atom. The molecule has 6 aromatic rings. The summed E-state index contributed by atoms with van der Waals surface area (Å²) >= 11 is 0. The minimum absolute atomic E-state index is 0.0231. The van der Waals surface area contributed by atoms with Crippen LogP contribution in [0.4, 0.5) is 55.5 Å². The van der Waals surface area contributed by atoms with Gasteiger partial charge in [0.1, 0.15) is 60.2 Å². The second-order valence-electron chi connectivity index (χ2n) is 15.7. The third-order valence-corrected chi connectivity index (χ3v) is 11.0. The van der Waals surface area contributed by atoms with Crippen LogP contribution in [0.2, 0.25) is 0 Å². The molecule has 4 aliphatic heterocycles. The van der Waals surface area contributed by atoms with Gasteiger partial charge in [-0.1, -0.05) is 0 Å². The van der Waals surface area contributed by atoms with Crippen LogP contribution in [0.25, 0.3) is 0 Å². The van der Waals surface area contributed by atoms with Gasteiger partial charge in [-0.15, -0.1) is 0 Å². The summed E-state index contributed by atoms with van der Waals surface area (Å²) in [5, 5.41) is 0. The number of pyridine rings is 2. The van der Waals surface area contributed by atoms with Crippen molar-refractivity contribution in [2.24, 2.45) is 0 Å². The van der Waals surface area contributed by atoms with Crippen LogP contribution >= 0.6 is 0 Å². The summed E-state index contributed by atoms with van der Waals surface area (Å²) in [4.78, 5) is 42.6. The van der Waals surface area contributed by atoms with Gasteiger partial charge in [-0.25, -0.2) is 27.2 Å². The molecule has 0 radical (unpaired) electrons. The number of aromatic nitrogens is 6. The number of benzene rings is 2. The van der Waals surface area contributed by atoms with Gasteiger partial charge >= 0.3 is 23.7 Å². The molecule has 4 aromatic heterocycles. The molecule has 4 aliphatic rings. The van der Waals surface area contributed by atoms with Crippen LogP contribution in [0, 0.1) is 23.3 Å². The van der Waals surface area contributed by atoms with E-state index in [0.29, 0.717) is 63.2 Å². The van der Waals surface area contributed by atoms with Gasteiger partial charge in [0.15, 0.2) is 34.8 Å². The summed E-state index contributed by atoms with van der Waals surface area (Å²) in [6, 6.07) is 9.93. The van der Waals surface area contributed by atoms with Crippen molar-refractivity contribution in [2.75, 3.05) is 36.1 Å². The summed E-state index contributed by atoms with van der Waals surface area (Å²) in [5.74, 6) is -6.09. The number of halogens is 10. The van der Waals surface area contributed by atoms with Gasteiger partial charge in [0.25, 0.3) is 0 Å². The molecular formula is C44H34F10N8O8. The Kier molecular flexibility index (Phi) is 13.0. The molecule has 2 atom stereocenters. The quantitative estimate of drug-likeness (QED) is 0.123. The van der Waals surface area contributed by atoms with E-state index in [1.54, 1.807) is 12.1 Å². The van der Waals surface area contributed by atoms with Crippen molar-refractivity contribution in [2.45, 2.75) is 64.0 Å². The number of alkyl halides is 6. The van der Waals surface area contributed by atoms with E-state index >= 15 is 0 Å². The van der Waals surface area contributed by atoms with Crippen molar-refractivity contribution in [1.82, 2.24) is 29.1 Å². The van der Waals surface area contributed by atoms with E-state index < -0.39 is 81.4 Å². The number of nitrogens with zero attached hydrogens (tertiary/aromatic N) is 8. The van der Waals surface area contributed by atoms with E-state index in [1.807, 2.05) is 9.80 Å². The minimum atomic E-state index is -4.74. The fourth-order valence-electron chi connectivity index (χ4n) is 7.83. The van der Waals surface area contributed by atoms with Gasteiger partial charge in [-0.2, -0.15) is 36.3 Å². The SMILES string of the molecule is O=c1nc(OCc2cc(F)c(Oc3ccnc(C(F)(F)F)c3)c(F)c2)cc2n1CC1OCCCN21.O=c1nc(OCc2cc(F)c(Oc3ccnc(C(F)(F)F)c3)c(F)c2)cc2n1CC1OCCCN21. The van der Waals surface area contributed by atoms with E-state index in [-0.39, 0.29) is 48.6 Å². The largest absolute Gasteiger partial charge is 0.473 e. The molecule has 0 aliphatic carbocycles. The molecule has 2 fully saturated rings. The molecule has 0 spiro atoms. The number of ether oxygens (including phenoxy) is 6. The first-order valence-electron chi connectivity index (χ1n) is 21.0. The summed E-state index contributed by atoms with van der Waals surface area (Å²) in [6.45, 7) is 2.66. The lowest BCUT2D eigenvalue weighted by atomic mass is 10.2. The van der Waals surface area contributed by atoms with E-state index in [2.05, 4.69) is 19.9 Å². The lowest BCUT2D eigenvalue weighted by molar-refractivity contribution is -0.142. The Balaban J connectivity index is 0.000000174. The summed E-state index contributed by atoms with van der Waals surface area (Å²) in [6.07, 6.45) is -6.75. The van der Waals surface area contributed by atoms with Gasteiger partial charge in [0, 0.05) is 49.7 Å². The second-order valence-corrected chi connectivity index (χ2v) is 15.7. The first-order chi connectivity index (χ1) is 33.4. The number of fused-ring (bicyclic) bond motifs is 6. The van der Waals surface area contributed by atoms with Crippen molar-refractivity contribution in [3.8, 4) is 34.8 Å². The van der Waals surface area contributed by atoms with Gasteiger partial charge < -0.3 is 38.2 Å². The van der Waals surface area contributed by atoms with Crippen molar-refractivity contribution >= 4 is 11.6 Å². The Labute approximate surface area is 387 Å². The van der Waals surface area contributed by atoms with E-state index in [1.165, 1.54) is 9.13 Å². The first-order valence-corrected chi connectivity index (χ1v) is 21.0. The number of hydrogen-bond acceptors (Lipinski definition) is 14. The Morgan fingerprint density at radius 3 is 1.33 bits per heavy atom. The molecule has 2 saturated heterocycles. The lowest BCUT2D eigenvalue weighted by Gasteiger charge is -2.30. The fourth-order valence-corrected chi connectivity index (χ4v) is 7.83. The number of anilines is 2. The predicted octanol–water partition coefficient (Wildman–Crippen LogP) is 7.75. The number of hydrogen-bond donors (Lipinski definition) is 0. The molecule has 368 valence electrons. The normalized spacial score (nSPS) is 17.2. The van der Waals surface area contributed by atoms with Crippen molar-refractivity contribution < 1.29 is 72.3 Å². The predicted molar refractivity (Wildman–Crippen MR) is 220 cm³/mol. The first kappa shape index (κ1) is 47.6. The van der Waals surface area contributed by atoms with Crippen LogP contribution < -0.4 is 40.1 Å². The van der Waals surface area contributed by atoms with Crippen LogP contribution in [-0.2, 0) is 48.1 Å². The maximum atomic E-state index is 14.5. The highest BCUT2D eigenvalue weighted by Crippen LogP contribution is 2.36. The standard InChI is InChI=1S/2C22H17F5N4O4/c2*23-14-6-12(7-15(24)20(14)35-13-2-3-28-16(8-13)22(25,26)27)11-34-17-9-18-30-4-1-5-33-19(30)10-31(18)21(32)29-17/h2*2-3,6-9,19H,1,4-5,10-11H2. The van der Waals surface area contributed by atoms with Crippen LogP contribution in [-0.4, -0.2) is 67.8 Å². The van der Waals surface area contributed by atoms with Crippen molar-refractivity contribution in [1.29, 1.82) is 0 Å². The van der Waals surface area contributed by atoms with Crippen LogP contribution in [0.15, 0.2) is 82.6 Å². The zero-order valence-electron chi connectivity index (χ0n) is 35.8. The second kappa shape index (κ2) is 19.1. The average molecular weight is 993 g/mol. The summed E-state index contributed by atoms with van der Waals surface area (Å²) in [7, 11) is 0. The topological polar surface area (TPSA) is 157 Å². The lowest BCUT2D eigenvalue weighted by Crippen LogP contribution is -2.40. The maximum absolute atomic E-state index is 14.5. The third kappa shape index (κ3) is 10.3. The molecule has 2 unspecified atom stereocenters. The highest BCUT2D eigenvalue weighted by Gasteiger charge is 2.37. The van der Waals surface area contributed by atoms with Gasteiger partial charge in [-0.05, 0) is 60.4 Å². The monoisotopic (exact) mass is 992 g/mol. The van der Waals surface area contributed by atoms with E-state index in [9.17, 15) is 53.5 Å². The molecule has 0 bridgehead atoms. The van der Waals surface area contributed by atoms with Crippen LogP contribution in [0.3, 0.4) is 0 Å². The minimum Gasteiger partial charge on any atom is -0.473 e. The van der Waals surface area contributed by atoms with Crippen molar-refractivity contribution in [3.63, 3.8) is 0 Å². The van der Waals surface area contributed by atoms with Gasteiger partial charge in [0.05, 0.1) is 26.3 Å². The van der Waals surface area contributed by atoms with E-state index in [0.717, 1.165) is 61.6 Å². The van der Waals surface area contributed by atoms with Crippen LogP contribution in [0.1, 0.15) is 35.4 Å². The molecule has 0 N–H and O–H groups in total. The fraction of sp³-hybridized carbons (Fsp3) is 0.318. The molecule has 10 rings (SSSR count). The molecule has 0 saturated carbocycles. The molecule has 26 heteroatoms. The molecule has 16 nitrogen and oxygen atoms in total. The summed E-state index contributed by atoms with van der Waals surface area (Å²) in [5.41, 5.74) is -3.49. The number of rotatable bonds is 10. The zero-order valence-corrected chi connectivity index (χ0v) is 35.8. The smallest absolute Gasteiger partial charge is 0.433 e. The summed E-state index contributed by atoms with van der Waals surface area (Å²) < 4.78 is 170. The van der Waals surface area contributed by atoms with Gasteiger partial charge in [0.2, 0.25) is 11.8 Å².